The van der Waals surface area contributed by atoms with Crippen LogP contribution in [0.2, 0.25) is 5.02 Å². The average Bonchev–Trinajstić information content (AvgIpc) is 2.41. The van der Waals surface area contributed by atoms with Crippen molar-refractivity contribution in [3.05, 3.63) is 44.7 Å². The number of ether oxygens (including phenoxy) is 1. The molecule has 1 fully saturated rings. The van der Waals surface area contributed by atoms with Gasteiger partial charge in [-0.25, -0.2) is 0 Å². The van der Waals surface area contributed by atoms with Crippen LogP contribution in [-0.4, -0.2) is 18.2 Å². The molecule has 100 valence electrons. The molecule has 1 N–H and O–H groups in total. The molecule has 0 amide bonds. The number of hydrogen-bond donors (Lipinski definition) is 1. The molecule has 1 aromatic carbocycles. The van der Waals surface area contributed by atoms with Crippen molar-refractivity contribution in [3.63, 3.8) is 0 Å². The van der Waals surface area contributed by atoms with Crippen LogP contribution >= 0.6 is 11.6 Å². The summed E-state index contributed by atoms with van der Waals surface area (Å²) in [5.74, 6) is 0.292. The number of aryl methyl sites for hydroxylation is 1. The minimum Gasteiger partial charge on any atom is -0.381 e. The van der Waals surface area contributed by atoms with E-state index in [1.807, 2.05) is 13.0 Å². The molecule has 19 heavy (non-hydrogen) atoms. The number of benzene rings is 1. The zero-order valence-corrected chi connectivity index (χ0v) is 11.6. The number of aromatic nitrogens is 1. The maximum atomic E-state index is 12.7. The second-order valence-electron chi connectivity index (χ2n) is 5.07. The van der Waals surface area contributed by atoms with Crippen molar-refractivity contribution in [2.24, 2.45) is 0 Å². The highest BCUT2D eigenvalue weighted by Crippen LogP contribution is 2.28. The Kier molecular flexibility index (Phi) is 3.33. The Balaban J connectivity index is 2.21. The lowest BCUT2D eigenvalue weighted by Gasteiger charge is -2.23. The van der Waals surface area contributed by atoms with E-state index in [4.69, 9.17) is 16.3 Å². The first-order valence-corrected chi connectivity index (χ1v) is 6.94. The van der Waals surface area contributed by atoms with E-state index in [0.717, 1.165) is 42.8 Å². The van der Waals surface area contributed by atoms with Crippen molar-refractivity contribution in [2.45, 2.75) is 25.7 Å². The summed E-state index contributed by atoms with van der Waals surface area (Å²) in [5, 5.41) is 1.28. The topological polar surface area (TPSA) is 42.1 Å². The summed E-state index contributed by atoms with van der Waals surface area (Å²) < 4.78 is 5.37. The van der Waals surface area contributed by atoms with Crippen molar-refractivity contribution in [1.82, 2.24) is 4.98 Å². The Morgan fingerprint density at radius 2 is 2.05 bits per heavy atom. The second kappa shape index (κ2) is 4.99. The predicted octanol–water partition coefficient (Wildman–Crippen LogP) is 3.38. The van der Waals surface area contributed by atoms with Gasteiger partial charge in [0.1, 0.15) is 0 Å². The summed E-state index contributed by atoms with van der Waals surface area (Å²) >= 11 is 6.00. The fourth-order valence-electron chi connectivity index (χ4n) is 2.88. The van der Waals surface area contributed by atoms with Crippen LogP contribution in [0.15, 0.2) is 23.0 Å². The Hall–Kier alpha value is -1.32. The first kappa shape index (κ1) is 12.7. The van der Waals surface area contributed by atoms with Crippen molar-refractivity contribution in [2.75, 3.05) is 13.2 Å². The maximum absolute atomic E-state index is 12.7. The van der Waals surface area contributed by atoms with Gasteiger partial charge in [-0.3, -0.25) is 4.79 Å². The molecule has 1 aliphatic rings. The second-order valence-corrected chi connectivity index (χ2v) is 5.51. The maximum Gasteiger partial charge on any atom is 0.193 e. The fourth-order valence-corrected chi connectivity index (χ4v) is 3.05. The first-order chi connectivity index (χ1) is 9.16. The molecule has 0 bridgehead atoms. The van der Waals surface area contributed by atoms with Crippen LogP contribution in [0, 0.1) is 6.92 Å². The molecule has 0 atom stereocenters. The number of pyridine rings is 1. The molecular weight excluding hydrogens is 262 g/mol. The van der Waals surface area contributed by atoms with Crippen molar-refractivity contribution < 1.29 is 4.74 Å². The van der Waals surface area contributed by atoms with Crippen LogP contribution < -0.4 is 5.43 Å². The van der Waals surface area contributed by atoms with Gasteiger partial charge >= 0.3 is 0 Å². The minimum absolute atomic E-state index is 0.112. The number of nitrogens with one attached hydrogen (secondary N) is 1. The number of rotatable bonds is 1. The van der Waals surface area contributed by atoms with Gasteiger partial charge in [-0.05, 0) is 43.9 Å². The molecule has 3 rings (SSSR count). The fraction of sp³-hybridized carbons (Fsp3) is 0.400. The Morgan fingerprint density at radius 3 is 2.79 bits per heavy atom. The third-order valence-electron chi connectivity index (χ3n) is 3.83. The highest BCUT2D eigenvalue weighted by molar-refractivity contribution is 6.31. The SMILES string of the molecule is Cc1[nH]c2ccc(Cl)cc2c(=O)c1C1CCOCC1. The van der Waals surface area contributed by atoms with Crippen LogP contribution in [0.4, 0.5) is 0 Å². The first-order valence-electron chi connectivity index (χ1n) is 6.56. The quantitative estimate of drug-likeness (QED) is 0.868. The highest BCUT2D eigenvalue weighted by atomic mass is 35.5. The zero-order chi connectivity index (χ0) is 13.4. The van der Waals surface area contributed by atoms with E-state index in [0.29, 0.717) is 16.3 Å². The van der Waals surface area contributed by atoms with Gasteiger partial charge in [0.15, 0.2) is 5.43 Å². The van der Waals surface area contributed by atoms with Gasteiger partial charge in [-0.15, -0.1) is 0 Å². The molecule has 0 unspecified atom stereocenters. The van der Waals surface area contributed by atoms with Crippen molar-refractivity contribution in [3.8, 4) is 0 Å². The molecule has 0 saturated carbocycles. The summed E-state index contributed by atoms with van der Waals surface area (Å²) in [5.41, 5.74) is 2.83. The summed E-state index contributed by atoms with van der Waals surface area (Å²) in [6.07, 6.45) is 1.83. The third-order valence-corrected chi connectivity index (χ3v) is 4.06. The zero-order valence-electron chi connectivity index (χ0n) is 10.8. The molecule has 4 heteroatoms. The molecule has 1 saturated heterocycles. The molecule has 2 aromatic rings. The summed E-state index contributed by atoms with van der Waals surface area (Å²) in [6, 6.07) is 5.41. The lowest BCUT2D eigenvalue weighted by Crippen LogP contribution is -2.22. The molecule has 0 aliphatic carbocycles. The van der Waals surface area contributed by atoms with Crippen LogP contribution in [-0.2, 0) is 4.74 Å². The van der Waals surface area contributed by atoms with Gasteiger partial charge in [-0.2, -0.15) is 0 Å². The van der Waals surface area contributed by atoms with Crippen LogP contribution in [0.5, 0.6) is 0 Å². The highest BCUT2D eigenvalue weighted by Gasteiger charge is 2.22. The van der Waals surface area contributed by atoms with Crippen molar-refractivity contribution >= 4 is 22.5 Å². The normalized spacial score (nSPS) is 16.9. The Labute approximate surface area is 116 Å². The molecule has 0 spiro atoms. The van der Waals surface area contributed by atoms with Gasteiger partial charge in [0.05, 0.1) is 0 Å². The lowest BCUT2D eigenvalue weighted by molar-refractivity contribution is 0.0850. The smallest absolute Gasteiger partial charge is 0.193 e. The van der Waals surface area contributed by atoms with E-state index in [-0.39, 0.29) is 5.43 Å². The number of aromatic amines is 1. The largest absolute Gasteiger partial charge is 0.381 e. The average molecular weight is 278 g/mol. The van der Waals surface area contributed by atoms with Gasteiger partial charge in [0.2, 0.25) is 0 Å². The number of hydrogen-bond acceptors (Lipinski definition) is 2. The molecule has 2 heterocycles. The van der Waals surface area contributed by atoms with Gasteiger partial charge in [0, 0.05) is 40.4 Å². The molecule has 0 radical (unpaired) electrons. The predicted molar refractivity (Wildman–Crippen MR) is 77.1 cm³/mol. The van der Waals surface area contributed by atoms with E-state index in [1.165, 1.54) is 0 Å². The van der Waals surface area contributed by atoms with Crippen LogP contribution in [0.1, 0.15) is 30.0 Å². The van der Waals surface area contributed by atoms with E-state index >= 15 is 0 Å². The van der Waals surface area contributed by atoms with E-state index in [2.05, 4.69) is 4.98 Å². The van der Waals surface area contributed by atoms with E-state index in [1.54, 1.807) is 12.1 Å². The van der Waals surface area contributed by atoms with Crippen LogP contribution in [0.3, 0.4) is 0 Å². The van der Waals surface area contributed by atoms with Crippen LogP contribution in [0.25, 0.3) is 10.9 Å². The molecule has 1 aliphatic heterocycles. The van der Waals surface area contributed by atoms with Crippen molar-refractivity contribution in [1.29, 1.82) is 0 Å². The third kappa shape index (κ3) is 2.28. The van der Waals surface area contributed by atoms with Gasteiger partial charge in [0.25, 0.3) is 0 Å². The molecular formula is C15H16ClNO2. The van der Waals surface area contributed by atoms with E-state index < -0.39 is 0 Å². The molecule has 3 nitrogen and oxygen atoms in total. The summed E-state index contributed by atoms with van der Waals surface area (Å²) in [4.78, 5) is 16.0. The van der Waals surface area contributed by atoms with Gasteiger partial charge in [-0.1, -0.05) is 11.6 Å². The molecule has 1 aromatic heterocycles. The lowest BCUT2D eigenvalue weighted by atomic mass is 9.89. The van der Waals surface area contributed by atoms with E-state index in [9.17, 15) is 4.79 Å². The van der Waals surface area contributed by atoms with Gasteiger partial charge < -0.3 is 9.72 Å². The monoisotopic (exact) mass is 277 g/mol. The Morgan fingerprint density at radius 1 is 1.32 bits per heavy atom. The standard InChI is InChI=1S/C15H16ClNO2/c1-9-14(10-4-6-19-7-5-10)15(18)12-8-11(16)2-3-13(12)17-9/h2-3,8,10H,4-7H2,1H3,(H,17,18). The number of H-pyrrole nitrogens is 1. The summed E-state index contributed by atoms with van der Waals surface area (Å²) in [7, 11) is 0. The summed E-state index contributed by atoms with van der Waals surface area (Å²) in [6.45, 7) is 3.44. The minimum atomic E-state index is 0.112. The number of halogens is 1. The Bertz CT molecular complexity index is 672. The number of fused-ring (bicyclic) bond motifs is 1.